The zero-order valence-corrected chi connectivity index (χ0v) is 16.7. The Morgan fingerprint density at radius 1 is 1.27 bits per heavy atom. The molecule has 1 aromatic rings. The first-order valence-electron chi connectivity index (χ1n) is 7.52. The van der Waals surface area contributed by atoms with Gasteiger partial charge < -0.3 is 14.0 Å². The van der Waals surface area contributed by atoms with Crippen LogP contribution in [0.4, 0.5) is 5.82 Å². The molecule has 5 nitrogen and oxygen atoms in total. The Bertz CT molecular complexity index is 563. The molecule has 0 unspecified atom stereocenters. The topological polar surface area (TPSA) is 69.1 Å². The lowest BCUT2D eigenvalue weighted by Crippen LogP contribution is -2.60. The van der Waals surface area contributed by atoms with Gasteiger partial charge in [-0.05, 0) is 11.6 Å². The highest BCUT2D eigenvalue weighted by Crippen LogP contribution is 2.31. The van der Waals surface area contributed by atoms with E-state index in [0.717, 1.165) is 11.4 Å². The fourth-order valence-corrected chi connectivity index (χ4v) is 12.7. The third-order valence-electron chi connectivity index (χ3n) is 3.24. The molecule has 0 radical (unpaired) electrons. The number of nitrogens with one attached hydrogen (secondary N) is 1. The van der Waals surface area contributed by atoms with Gasteiger partial charge in [0.05, 0.1) is 12.4 Å². The summed E-state index contributed by atoms with van der Waals surface area (Å²) >= 11 is 0. The number of carbonyl (C=O) groups excluding carboxylic acids is 1. The van der Waals surface area contributed by atoms with Crippen LogP contribution in [0.15, 0.2) is 6.07 Å². The second kappa shape index (κ2) is 6.71. The molecule has 0 atom stereocenters. The van der Waals surface area contributed by atoms with E-state index in [1.807, 2.05) is 6.07 Å². The molecule has 1 rings (SSSR count). The molecule has 0 aliphatic heterocycles. The average molecular weight is 338 g/mol. The van der Waals surface area contributed by atoms with Crippen molar-refractivity contribution in [1.82, 2.24) is 4.98 Å². The summed E-state index contributed by atoms with van der Waals surface area (Å²) in [7, 11) is -3.22. The van der Waals surface area contributed by atoms with Gasteiger partial charge in [-0.1, -0.05) is 39.3 Å². The summed E-state index contributed by atoms with van der Waals surface area (Å²) in [6.45, 7) is 15.6. The number of carbonyl (C=O) groups is 1. The van der Waals surface area contributed by atoms with Gasteiger partial charge in [-0.25, -0.2) is 0 Å². The molecule has 0 bridgehead atoms. The van der Waals surface area contributed by atoms with Crippen LogP contribution in [-0.4, -0.2) is 34.0 Å². The van der Waals surface area contributed by atoms with Crippen LogP contribution in [0.2, 0.25) is 39.3 Å². The van der Waals surface area contributed by atoms with Crippen LogP contribution in [0.5, 0.6) is 0 Å². The van der Waals surface area contributed by atoms with Crippen molar-refractivity contribution in [2.75, 3.05) is 10.8 Å². The van der Waals surface area contributed by atoms with Crippen molar-refractivity contribution in [2.45, 2.75) is 52.6 Å². The van der Waals surface area contributed by atoms with Gasteiger partial charge in [-0.3, -0.25) is 4.79 Å². The van der Waals surface area contributed by atoms with Gasteiger partial charge in [0.15, 0.2) is 0 Å². The van der Waals surface area contributed by atoms with E-state index >= 15 is 0 Å². The second-order valence-electron chi connectivity index (χ2n) is 7.44. The monoisotopic (exact) mass is 337 g/mol. The van der Waals surface area contributed by atoms with E-state index in [1.165, 1.54) is 6.92 Å². The molecule has 1 aromatic heterocycles. The molecule has 0 aromatic carbocycles. The highest BCUT2D eigenvalue weighted by Gasteiger charge is 2.36. The number of rotatable bonds is 6. The predicted octanol–water partition coefficient (Wildman–Crippen LogP) is 3.47. The first-order chi connectivity index (χ1) is 9.96. The Morgan fingerprint density at radius 3 is 2.23 bits per heavy atom. The lowest BCUT2D eigenvalue weighted by molar-refractivity contribution is -0.140. The summed E-state index contributed by atoms with van der Waals surface area (Å²) < 4.78 is 7.61. The van der Waals surface area contributed by atoms with Gasteiger partial charge in [-0.2, -0.15) is 5.26 Å². The summed E-state index contributed by atoms with van der Waals surface area (Å²) in [6.07, 6.45) is 0.624. The van der Waals surface area contributed by atoms with Gasteiger partial charge in [-0.15, -0.1) is 0 Å². The van der Waals surface area contributed by atoms with E-state index in [1.54, 1.807) is 0 Å². The Morgan fingerprint density at radius 2 is 1.82 bits per heavy atom. The first kappa shape index (κ1) is 18.5. The fraction of sp³-hybridized carbons (Fsp3) is 0.600. The van der Waals surface area contributed by atoms with E-state index in [0.29, 0.717) is 18.7 Å². The normalized spacial score (nSPS) is 11.9. The number of aromatic nitrogens is 1. The summed E-state index contributed by atoms with van der Waals surface area (Å²) in [5.41, 5.74) is 1.62. The van der Waals surface area contributed by atoms with Crippen LogP contribution >= 0.6 is 0 Å². The number of ether oxygens (including phenoxy) is 1. The molecule has 0 fully saturated rings. The van der Waals surface area contributed by atoms with Crippen LogP contribution in [0, 0.1) is 11.3 Å². The summed E-state index contributed by atoms with van der Waals surface area (Å²) in [5.74, 6) is 0.770. The Labute approximate surface area is 135 Å². The summed E-state index contributed by atoms with van der Waals surface area (Å²) in [6, 6.07) is 4.07. The lowest BCUT2D eigenvalue weighted by Gasteiger charge is -2.45. The van der Waals surface area contributed by atoms with Crippen molar-refractivity contribution >= 4 is 28.3 Å². The molecule has 0 saturated heterocycles. The zero-order valence-electron chi connectivity index (χ0n) is 14.7. The molecular formula is C15H27N3O2Si2. The second-order valence-corrected chi connectivity index (χ2v) is 17.5. The number of esters is 1. The minimum Gasteiger partial charge on any atom is -0.466 e. The van der Waals surface area contributed by atoms with E-state index < -0.39 is 16.5 Å². The highest BCUT2D eigenvalue weighted by molar-refractivity contribution is 6.99. The standard InChI is InChI=1S/C15H27N3O2Si2/c1-12(19)20-9-8-13-10-14(11-16)17-15(13)18(21(2,3)4)22(5,6)7/h10,17H,8-9H2,1-7H3. The largest absolute Gasteiger partial charge is 0.466 e. The maximum absolute atomic E-state index is 11.0. The van der Waals surface area contributed by atoms with E-state index in [4.69, 9.17) is 4.74 Å². The molecule has 1 N–H and O–H groups in total. The number of H-pyrrole nitrogens is 1. The molecule has 0 aliphatic rings. The molecule has 0 spiro atoms. The quantitative estimate of drug-likeness (QED) is 0.637. The van der Waals surface area contributed by atoms with Gasteiger partial charge >= 0.3 is 5.97 Å². The number of nitriles is 1. The minimum atomic E-state index is -1.61. The Kier molecular flexibility index (Phi) is 5.65. The van der Waals surface area contributed by atoms with Crippen molar-refractivity contribution in [2.24, 2.45) is 0 Å². The average Bonchev–Trinajstić information content (AvgIpc) is 2.68. The number of hydrogen-bond donors (Lipinski definition) is 1. The SMILES string of the molecule is CC(=O)OCCc1cc(C#N)[nH]c1N([Si](C)(C)C)[Si](C)(C)C. The Balaban J connectivity index is 3.22. The maximum Gasteiger partial charge on any atom is 0.302 e. The van der Waals surface area contributed by atoms with E-state index in [9.17, 15) is 10.1 Å². The van der Waals surface area contributed by atoms with Gasteiger partial charge in [0, 0.05) is 13.3 Å². The molecule has 0 saturated carbocycles. The van der Waals surface area contributed by atoms with Crippen molar-refractivity contribution in [3.8, 4) is 6.07 Å². The van der Waals surface area contributed by atoms with Crippen LogP contribution in [-0.2, 0) is 16.0 Å². The van der Waals surface area contributed by atoms with Crippen LogP contribution in [0.1, 0.15) is 18.2 Å². The summed E-state index contributed by atoms with van der Waals surface area (Å²) in [5, 5.41) is 9.21. The lowest BCUT2D eigenvalue weighted by atomic mass is 10.2. The van der Waals surface area contributed by atoms with E-state index in [2.05, 4.69) is 54.6 Å². The molecule has 0 amide bonds. The van der Waals surface area contributed by atoms with Crippen LogP contribution in [0.3, 0.4) is 0 Å². The maximum atomic E-state index is 11.0. The van der Waals surface area contributed by atoms with Crippen molar-refractivity contribution in [1.29, 1.82) is 5.26 Å². The first-order valence-corrected chi connectivity index (χ1v) is 14.4. The zero-order chi connectivity index (χ0) is 17.1. The summed E-state index contributed by atoms with van der Waals surface area (Å²) in [4.78, 5) is 14.2. The molecule has 122 valence electrons. The number of aromatic amines is 1. The van der Waals surface area contributed by atoms with Crippen molar-refractivity contribution in [3.63, 3.8) is 0 Å². The third kappa shape index (κ3) is 4.75. The van der Waals surface area contributed by atoms with Crippen molar-refractivity contribution < 1.29 is 9.53 Å². The smallest absolute Gasteiger partial charge is 0.302 e. The molecule has 1 heterocycles. The number of anilines is 1. The number of nitrogens with zero attached hydrogens (tertiary/aromatic N) is 2. The minimum absolute atomic E-state index is 0.273. The van der Waals surface area contributed by atoms with Gasteiger partial charge in [0.1, 0.15) is 28.2 Å². The predicted molar refractivity (Wildman–Crippen MR) is 95.0 cm³/mol. The van der Waals surface area contributed by atoms with Gasteiger partial charge in [0.25, 0.3) is 0 Å². The Hall–Kier alpha value is -1.53. The van der Waals surface area contributed by atoms with E-state index in [-0.39, 0.29) is 5.97 Å². The van der Waals surface area contributed by atoms with Gasteiger partial charge in [0.2, 0.25) is 0 Å². The van der Waals surface area contributed by atoms with Crippen LogP contribution in [0.25, 0.3) is 0 Å². The molecule has 22 heavy (non-hydrogen) atoms. The molecule has 7 heteroatoms. The third-order valence-corrected chi connectivity index (χ3v) is 10.4. The number of hydrogen-bond acceptors (Lipinski definition) is 4. The fourth-order valence-electron chi connectivity index (χ4n) is 2.92. The van der Waals surface area contributed by atoms with Crippen molar-refractivity contribution in [3.05, 3.63) is 17.3 Å². The molecular weight excluding hydrogens is 310 g/mol. The molecule has 0 aliphatic carbocycles. The highest BCUT2D eigenvalue weighted by atomic mass is 28.4. The van der Waals surface area contributed by atoms with Crippen LogP contribution < -0.4 is 4.23 Å².